The number of halogens is 6. The van der Waals surface area contributed by atoms with Crippen molar-refractivity contribution in [3.05, 3.63) is 100 Å². The summed E-state index contributed by atoms with van der Waals surface area (Å²) in [5.41, 5.74) is -1.50. The Morgan fingerprint density at radius 1 is 0.881 bits per heavy atom. The number of allylic oxidation sites excluding steroid dienone is 3. The fourth-order valence-corrected chi connectivity index (χ4v) is 4.86. The van der Waals surface area contributed by atoms with Crippen LogP contribution in [0.1, 0.15) is 75.3 Å². The van der Waals surface area contributed by atoms with E-state index in [1.165, 1.54) is 25.8 Å². The van der Waals surface area contributed by atoms with Gasteiger partial charge in [0.25, 0.3) is 0 Å². The molecule has 0 saturated heterocycles. The Balaban J connectivity index is 2.70. The lowest BCUT2D eigenvalue weighted by Gasteiger charge is -2.33. The maximum Gasteiger partial charge on any atom is 0.416 e. The molecular weight excluding hydrogens is 554 g/mol. The van der Waals surface area contributed by atoms with Crippen molar-refractivity contribution < 1.29 is 31.1 Å². The van der Waals surface area contributed by atoms with Crippen LogP contribution in [0.4, 0.5) is 26.3 Å². The zero-order chi connectivity index (χ0) is 32.0. The first kappa shape index (κ1) is 34.7. The number of carbonyl (C=O) groups excluding carboxylic acids is 1. The smallest absolute Gasteiger partial charge is 0.372 e. The van der Waals surface area contributed by atoms with Gasteiger partial charge in [0.05, 0.1) is 16.5 Å². The second-order valence-electron chi connectivity index (χ2n) is 10.8. The largest absolute Gasteiger partial charge is 0.416 e. The molecule has 0 aliphatic carbocycles. The maximum absolute atomic E-state index is 14.0. The van der Waals surface area contributed by atoms with Crippen molar-refractivity contribution >= 4 is 11.5 Å². The van der Waals surface area contributed by atoms with Gasteiger partial charge in [-0.1, -0.05) is 50.8 Å². The van der Waals surface area contributed by atoms with Crippen LogP contribution in [0.5, 0.6) is 0 Å². The number of rotatable bonds is 11. The summed E-state index contributed by atoms with van der Waals surface area (Å²) in [5, 5.41) is 0. The van der Waals surface area contributed by atoms with Gasteiger partial charge in [-0.15, -0.1) is 0 Å². The van der Waals surface area contributed by atoms with Crippen LogP contribution in [0.25, 0.3) is 5.57 Å². The highest BCUT2D eigenvalue weighted by atomic mass is 19.4. The quantitative estimate of drug-likeness (QED) is 0.191. The highest BCUT2D eigenvalue weighted by Gasteiger charge is 2.41. The Labute approximate surface area is 245 Å². The fourth-order valence-electron chi connectivity index (χ4n) is 4.86. The number of alkyl halides is 6. The first-order chi connectivity index (χ1) is 19.4. The van der Waals surface area contributed by atoms with Crippen LogP contribution in [0, 0.1) is 6.92 Å². The molecule has 0 N–H and O–H groups in total. The van der Waals surface area contributed by atoms with Gasteiger partial charge in [0.15, 0.2) is 0 Å². The van der Waals surface area contributed by atoms with E-state index in [9.17, 15) is 31.1 Å². The molecule has 230 valence electrons. The van der Waals surface area contributed by atoms with Crippen LogP contribution in [0.3, 0.4) is 0 Å². The van der Waals surface area contributed by atoms with Crippen LogP contribution in [-0.2, 0) is 22.6 Å². The van der Waals surface area contributed by atoms with Gasteiger partial charge in [0, 0.05) is 37.1 Å². The lowest BCUT2D eigenvalue weighted by molar-refractivity contribution is -0.143. The number of amides is 1. The van der Waals surface area contributed by atoms with Crippen LogP contribution >= 0.6 is 0 Å². The fraction of sp³-hybridized carbons (Fsp3) is 0.424. The molecular formula is C33H40F6N2O. The normalized spacial score (nSPS) is 13.3. The van der Waals surface area contributed by atoms with E-state index in [2.05, 4.69) is 25.3 Å². The third-order valence-corrected chi connectivity index (χ3v) is 7.20. The highest BCUT2D eigenvalue weighted by molar-refractivity contribution is 5.93. The van der Waals surface area contributed by atoms with Gasteiger partial charge >= 0.3 is 12.4 Å². The Morgan fingerprint density at radius 3 is 1.79 bits per heavy atom. The zero-order valence-electron chi connectivity index (χ0n) is 25.3. The topological polar surface area (TPSA) is 23.6 Å². The van der Waals surface area contributed by atoms with Crippen LogP contribution in [0.2, 0.25) is 0 Å². The van der Waals surface area contributed by atoms with Crippen molar-refractivity contribution in [1.29, 1.82) is 0 Å². The first-order valence-electron chi connectivity index (χ1n) is 13.9. The van der Waals surface area contributed by atoms with Gasteiger partial charge in [-0.25, -0.2) is 0 Å². The summed E-state index contributed by atoms with van der Waals surface area (Å²) in [4.78, 5) is 17.4. The van der Waals surface area contributed by atoms with Crippen molar-refractivity contribution in [3.8, 4) is 0 Å². The predicted molar refractivity (Wildman–Crippen MR) is 156 cm³/mol. The van der Waals surface area contributed by atoms with Gasteiger partial charge < -0.3 is 9.80 Å². The van der Waals surface area contributed by atoms with E-state index in [1.54, 1.807) is 13.0 Å². The van der Waals surface area contributed by atoms with Crippen LogP contribution < -0.4 is 0 Å². The molecule has 0 heterocycles. The average Bonchev–Trinajstić information content (AvgIpc) is 2.91. The minimum atomic E-state index is -5.03. The molecule has 0 saturated carbocycles. The van der Waals surface area contributed by atoms with Gasteiger partial charge in [-0.2, -0.15) is 26.3 Å². The Hall–Kier alpha value is -3.49. The lowest BCUT2D eigenvalue weighted by atomic mass is 9.81. The standard InChI is InChI=1S/C33H40F6N2O/c1-9-16-41(17-10-2)23(5)18-28(27-15-13-12-14-22(27)4)29(11-3)40(8)30(42)31(6,7)24-19-25(32(34,35)36)21-26(20-24)33(37,38)39/h11-15,18-21H,5,9-10,16-17H2,1-4,6-8H3/b28-18-,29-11+. The molecule has 1 amide bonds. The molecule has 0 aromatic heterocycles. The first-order valence-corrected chi connectivity index (χ1v) is 13.9. The molecule has 0 unspecified atom stereocenters. The molecule has 2 aromatic carbocycles. The van der Waals surface area contributed by atoms with Crippen LogP contribution in [0.15, 0.2) is 72.6 Å². The number of benzene rings is 2. The molecule has 3 nitrogen and oxygen atoms in total. The second-order valence-corrected chi connectivity index (χ2v) is 10.8. The number of carbonyl (C=O) groups is 1. The van der Waals surface area contributed by atoms with Gasteiger partial charge in [-0.05, 0) is 81.5 Å². The zero-order valence-corrected chi connectivity index (χ0v) is 25.3. The van der Waals surface area contributed by atoms with Crippen molar-refractivity contribution in [2.45, 2.75) is 72.2 Å². The van der Waals surface area contributed by atoms with E-state index in [4.69, 9.17) is 0 Å². The van der Waals surface area contributed by atoms with E-state index in [1.807, 2.05) is 37.3 Å². The Kier molecular flexibility index (Phi) is 11.3. The molecule has 42 heavy (non-hydrogen) atoms. The number of hydrogen-bond donors (Lipinski definition) is 0. The monoisotopic (exact) mass is 594 g/mol. The van der Waals surface area contributed by atoms with E-state index in [-0.39, 0.29) is 11.6 Å². The van der Waals surface area contributed by atoms with Crippen molar-refractivity contribution in [2.75, 3.05) is 20.1 Å². The molecule has 0 aliphatic rings. The summed E-state index contributed by atoms with van der Waals surface area (Å²) in [7, 11) is 1.47. The third-order valence-electron chi connectivity index (χ3n) is 7.20. The van der Waals surface area contributed by atoms with Gasteiger partial charge in [-0.3, -0.25) is 4.79 Å². The Morgan fingerprint density at radius 2 is 1.36 bits per heavy atom. The summed E-state index contributed by atoms with van der Waals surface area (Å²) in [6, 6.07) is 8.84. The Bertz CT molecular complexity index is 1300. The summed E-state index contributed by atoms with van der Waals surface area (Å²) >= 11 is 0. The maximum atomic E-state index is 14.0. The number of aryl methyl sites for hydroxylation is 1. The molecule has 0 bridgehead atoms. The number of nitrogens with zero attached hydrogens (tertiary/aromatic N) is 2. The molecule has 0 fully saturated rings. The van der Waals surface area contributed by atoms with Gasteiger partial charge in [0.2, 0.25) is 5.91 Å². The van der Waals surface area contributed by atoms with E-state index in [0.717, 1.165) is 42.8 Å². The molecule has 9 heteroatoms. The molecule has 0 radical (unpaired) electrons. The molecule has 2 aromatic rings. The van der Waals surface area contributed by atoms with Crippen LogP contribution in [-0.4, -0.2) is 35.8 Å². The minimum Gasteiger partial charge on any atom is -0.372 e. The highest BCUT2D eigenvalue weighted by Crippen LogP contribution is 2.40. The summed E-state index contributed by atoms with van der Waals surface area (Å²) < 4.78 is 81.6. The van der Waals surface area contributed by atoms with Crippen molar-refractivity contribution in [3.63, 3.8) is 0 Å². The average molecular weight is 595 g/mol. The third kappa shape index (κ3) is 8.07. The molecule has 2 rings (SSSR count). The number of likely N-dealkylation sites (N-methyl/N-ethyl adjacent to an activating group) is 1. The summed E-state index contributed by atoms with van der Waals surface area (Å²) in [6.45, 7) is 16.2. The predicted octanol–water partition coefficient (Wildman–Crippen LogP) is 9.39. The SMILES string of the molecule is C=C(/C=C(\C(=C/C)N(C)C(=O)C(C)(C)c1cc(C(F)(F)F)cc(C(F)(F)F)c1)c1ccccc1C)N(CCC)CCC. The molecule has 0 atom stereocenters. The number of hydrogen-bond acceptors (Lipinski definition) is 2. The van der Waals surface area contributed by atoms with Crippen molar-refractivity contribution in [1.82, 2.24) is 9.80 Å². The summed E-state index contributed by atoms with van der Waals surface area (Å²) in [5.74, 6) is -0.674. The minimum absolute atomic E-state index is 0.0636. The lowest BCUT2D eigenvalue weighted by Crippen LogP contribution is -2.41. The second kappa shape index (κ2) is 13.7. The van der Waals surface area contributed by atoms with Gasteiger partial charge in [0.1, 0.15) is 0 Å². The van der Waals surface area contributed by atoms with E-state index < -0.39 is 34.8 Å². The molecule has 0 aliphatic heterocycles. The summed E-state index contributed by atoms with van der Waals surface area (Å²) in [6.07, 6.45) is -4.68. The molecule has 0 spiro atoms. The van der Waals surface area contributed by atoms with Crippen molar-refractivity contribution in [2.24, 2.45) is 0 Å². The van der Waals surface area contributed by atoms with E-state index >= 15 is 0 Å². The van der Waals surface area contributed by atoms with E-state index in [0.29, 0.717) is 23.4 Å².